The van der Waals surface area contributed by atoms with Crippen LogP contribution in [0.2, 0.25) is 0 Å². The smallest absolute Gasteiger partial charge is 0.408 e. The Morgan fingerprint density at radius 2 is 1.63 bits per heavy atom. The highest BCUT2D eigenvalue weighted by molar-refractivity contribution is 5.82. The summed E-state index contributed by atoms with van der Waals surface area (Å²) in [5, 5.41) is 16.7. The number of hydrogen-bond donors (Lipinski definition) is 4. The van der Waals surface area contributed by atoms with Gasteiger partial charge >= 0.3 is 6.09 Å². The molecule has 1 aromatic carbocycles. The number of benzene rings is 1. The van der Waals surface area contributed by atoms with Crippen molar-refractivity contribution in [3.8, 4) is 11.5 Å². The van der Waals surface area contributed by atoms with Gasteiger partial charge in [0, 0.05) is 13.1 Å². The van der Waals surface area contributed by atoms with Crippen molar-refractivity contribution < 1.29 is 29.0 Å². The average molecular weight is 381 g/mol. The van der Waals surface area contributed by atoms with Crippen molar-refractivity contribution in [1.29, 1.82) is 0 Å². The molecule has 0 fully saturated rings. The van der Waals surface area contributed by atoms with Crippen molar-refractivity contribution >= 4 is 17.9 Å². The first-order valence-electron chi connectivity index (χ1n) is 8.54. The SMILES string of the molecule is CC(Oc1ccc(O)cc1)C(=O)NCCNC(=O)CNC(=O)OC(C)(C)C. The Hall–Kier alpha value is -2.97. The van der Waals surface area contributed by atoms with Crippen LogP contribution in [0.4, 0.5) is 4.79 Å². The molecule has 0 aromatic heterocycles. The minimum Gasteiger partial charge on any atom is -0.508 e. The highest BCUT2D eigenvalue weighted by Crippen LogP contribution is 2.17. The molecule has 9 nitrogen and oxygen atoms in total. The fourth-order valence-corrected chi connectivity index (χ4v) is 1.84. The van der Waals surface area contributed by atoms with E-state index in [1.54, 1.807) is 39.8 Å². The summed E-state index contributed by atoms with van der Waals surface area (Å²) in [6.07, 6.45) is -1.41. The third-order valence-corrected chi connectivity index (χ3v) is 3.06. The molecule has 0 heterocycles. The standard InChI is InChI=1S/C18H27N3O6/c1-12(26-14-7-5-13(22)6-8-14)16(24)20-10-9-19-15(23)11-21-17(25)27-18(2,3)4/h5-8,12,22H,9-11H2,1-4H3,(H,19,23)(H,20,24)(H,21,25). The van der Waals surface area contributed by atoms with Crippen molar-refractivity contribution in [2.24, 2.45) is 0 Å². The topological polar surface area (TPSA) is 126 Å². The molecule has 0 spiro atoms. The van der Waals surface area contributed by atoms with Gasteiger partial charge in [0.1, 0.15) is 17.1 Å². The third kappa shape index (κ3) is 9.93. The van der Waals surface area contributed by atoms with Crippen LogP contribution in [-0.4, -0.2) is 54.4 Å². The molecule has 3 amide bonds. The summed E-state index contributed by atoms with van der Waals surface area (Å²) < 4.78 is 10.5. The van der Waals surface area contributed by atoms with E-state index in [-0.39, 0.29) is 31.3 Å². The van der Waals surface area contributed by atoms with E-state index in [1.165, 1.54) is 12.1 Å². The summed E-state index contributed by atoms with van der Waals surface area (Å²) in [4.78, 5) is 35.0. The van der Waals surface area contributed by atoms with E-state index in [2.05, 4.69) is 16.0 Å². The zero-order valence-electron chi connectivity index (χ0n) is 16.0. The van der Waals surface area contributed by atoms with Crippen molar-refractivity contribution in [2.45, 2.75) is 39.4 Å². The molecule has 0 radical (unpaired) electrons. The number of nitrogens with one attached hydrogen (secondary N) is 3. The van der Waals surface area contributed by atoms with Gasteiger partial charge in [-0.25, -0.2) is 4.79 Å². The van der Waals surface area contributed by atoms with Gasteiger partial charge in [-0.1, -0.05) is 0 Å². The minimum absolute atomic E-state index is 0.108. The number of hydrogen-bond acceptors (Lipinski definition) is 6. The molecule has 1 aromatic rings. The number of alkyl carbamates (subject to hydrolysis) is 1. The summed E-state index contributed by atoms with van der Waals surface area (Å²) in [6, 6.07) is 6.02. The normalized spacial score (nSPS) is 11.9. The molecule has 9 heteroatoms. The second-order valence-corrected chi connectivity index (χ2v) is 6.75. The Labute approximate surface area is 158 Å². The van der Waals surface area contributed by atoms with Gasteiger partial charge in [0.15, 0.2) is 6.10 Å². The lowest BCUT2D eigenvalue weighted by Gasteiger charge is -2.19. The first kappa shape index (κ1) is 22.1. The zero-order valence-corrected chi connectivity index (χ0v) is 16.0. The molecule has 27 heavy (non-hydrogen) atoms. The van der Waals surface area contributed by atoms with E-state index in [9.17, 15) is 19.5 Å². The van der Waals surface area contributed by atoms with Gasteiger partial charge in [0.2, 0.25) is 5.91 Å². The van der Waals surface area contributed by atoms with E-state index in [0.29, 0.717) is 5.75 Å². The minimum atomic E-state index is -0.737. The van der Waals surface area contributed by atoms with Gasteiger partial charge in [0.05, 0.1) is 6.54 Å². The van der Waals surface area contributed by atoms with E-state index in [4.69, 9.17) is 9.47 Å². The van der Waals surface area contributed by atoms with Crippen LogP contribution in [0.25, 0.3) is 0 Å². The lowest BCUT2D eigenvalue weighted by molar-refractivity contribution is -0.127. The summed E-state index contributed by atoms with van der Waals surface area (Å²) in [7, 11) is 0. The lowest BCUT2D eigenvalue weighted by atomic mass is 10.2. The second kappa shape index (κ2) is 10.2. The molecule has 0 aliphatic carbocycles. The van der Waals surface area contributed by atoms with Crippen LogP contribution >= 0.6 is 0 Å². The first-order valence-corrected chi connectivity index (χ1v) is 8.54. The zero-order chi connectivity index (χ0) is 20.4. The highest BCUT2D eigenvalue weighted by Gasteiger charge is 2.17. The van der Waals surface area contributed by atoms with Crippen LogP contribution in [-0.2, 0) is 14.3 Å². The highest BCUT2D eigenvalue weighted by atomic mass is 16.6. The number of phenols is 1. The van der Waals surface area contributed by atoms with Crippen LogP contribution < -0.4 is 20.7 Å². The van der Waals surface area contributed by atoms with E-state index in [1.807, 2.05) is 0 Å². The van der Waals surface area contributed by atoms with Gasteiger partial charge < -0.3 is 30.5 Å². The summed E-state index contributed by atoms with van der Waals surface area (Å²) in [5.74, 6) is -0.180. The lowest BCUT2D eigenvalue weighted by Crippen LogP contribution is -2.43. The molecule has 4 N–H and O–H groups in total. The molecular formula is C18H27N3O6. The molecule has 150 valence electrons. The number of carbonyl (C=O) groups is 3. The fourth-order valence-electron chi connectivity index (χ4n) is 1.84. The van der Waals surface area contributed by atoms with Crippen molar-refractivity contribution in [3.05, 3.63) is 24.3 Å². The monoisotopic (exact) mass is 381 g/mol. The van der Waals surface area contributed by atoms with Gasteiger partial charge in [-0.3, -0.25) is 9.59 Å². The average Bonchev–Trinajstić information content (AvgIpc) is 2.57. The first-order chi connectivity index (χ1) is 12.6. The number of carbonyl (C=O) groups excluding carboxylic acids is 3. The maximum atomic E-state index is 11.9. The summed E-state index contributed by atoms with van der Waals surface area (Å²) >= 11 is 0. The molecule has 1 atom stereocenters. The Kier molecular flexibility index (Phi) is 8.37. The molecule has 1 rings (SSSR count). The number of rotatable bonds is 8. The van der Waals surface area contributed by atoms with Crippen molar-refractivity contribution in [2.75, 3.05) is 19.6 Å². The molecular weight excluding hydrogens is 354 g/mol. The van der Waals surface area contributed by atoms with Gasteiger partial charge in [0.25, 0.3) is 5.91 Å². The predicted octanol–water partition coefficient (Wildman–Crippen LogP) is 0.917. The van der Waals surface area contributed by atoms with Gasteiger partial charge in [-0.05, 0) is 52.0 Å². The van der Waals surface area contributed by atoms with E-state index in [0.717, 1.165) is 0 Å². The fraction of sp³-hybridized carbons (Fsp3) is 0.500. The Morgan fingerprint density at radius 3 is 2.22 bits per heavy atom. The van der Waals surface area contributed by atoms with Crippen LogP contribution in [0.3, 0.4) is 0 Å². The Bertz CT molecular complexity index is 639. The van der Waals surface area contributed by atoms with Crippen LogP contribution in [0, 0.1) is 0 Å². The molecule has 0 bridgehead atoms. The van der Waals surface area contributed by atoms with Crippen molar-refractivity contribution in [1.82, 2.24) is 16.0 Å². The second-order valence-electron chi connectivity index (χ2n) is 6.75. The van der Waals surface area contributed by atoms with Crippen LogP contribution in [0.5, 0.6) is 11.5 Å². The Morgan fingerprint density at radius 1 is 1.04 bits per heavy atom. The predicted molar refractivity (Wildman–Crippen MR) is 98.5 cm³/mol. The Balaban J connectivity index is 2.19. The summed E-state index contributed by atoms with van der Waals surface area (Å²) in [5.41, 5.74) is -0.635. The molecule has 0 aliphatic heterocycles. The maximum absolute atomic E-state index is 11.9. The van der Waals surface area contributed by atoms with E-state index >= 15 is 0 Å². The van der Waals surface area contributed by atoms with Crippen LogP contribution in [0.15, 0.2) is 24.3 Å². The quantitative estimate of drug-likeness (QED) is 0.496. The molecule has 1 unspecified atom stereocenters. The number of ether oxygens (including phenoxy) is 2. The largest absolute Gasteiger partial charge is 0.508 e. The van der Waals surface area contributed by atoms with Crippen molar-refractivity contribution in [3.63, 3.8) is 0 Å². The number of amides is 3. The maximum Gasteiger partial charge on any atom is 0.408 e. The van der Waals surface area contributed by atoms with Crippen LogP contribution in [0.1, 0.15) is 27.7 Å². The van der Waals surface area contributed by atoms with Gasteiger partial charge in [-0.2, -0.15) is 0 Å². The third-order valence-electron chi connectivity index (χ3n) is 3.06. The van der Waals surface area contributed by atoms with E-state index < -0.39 is 23.7 Å². The molecule has 0 saturated heterocycles. The summed E-state index contributed by atoms with van der Waals surface area (Å²) in [6.45, 7) is 6.95. The molecule has 0 saturated carbocycles. The number of phenolic OH excluding ortho intramolecular Hbond substituents is 1. The number of aromatic hydroxyl groups is 1. The van der Waals surface area contributed by atoms with Gasteiger partial charge in [-0.15, -0.1) is 0 Å². The molecule has 0 aliphatic rings.